The van der Waals surface area contributed by atoms with Crippen LogP contribution in [0.5, 0.6) is 0 Å². The second kappa shape index (κ2) is 11.1. The number of hydrogen-bond donors (Lipinski definition) is 1. The van der Waals surface area contributed by atoms with Crippen LogP contribution in [0.25, 0.3) is 0 Å². The van der Waals surface area contributed by atoms with Crippen molar-refractivity contribution in [2.24, 2.45) is 5.92 Å². The Morgan fingerprint density at radius 1 is 1.41 bits per heavy atom. The molecular weight excluding hydrogens is 431 g/mol. The first-order chi connectivity index (χ1) is 15.4. The van der Waals surface area contributed by atoms with E-state index in [2.05, 4.69) is 10.3 Å². The van der Waals surface area contributed by atoms with Gasteiger partial charge in [0, 0.05) is 29.7 Å². The van der Waals surface area contributed by atoms with Crippen LogP contribution >= 0.6 is 8.03 Å². The average Bonchev–Trinajstić information content (AvgIpc) is 3.19. The van der Waals surface area contributed by atoms with E-state index in [-0.39, 0.29) is 36.8 Å². The molecule has 0 aliphatic carbocycles. The lowest BCUT2D eigenvalue weighted by Crippen LogP contribution is -2.29. The number of carbonyl (C=O) groups excluding carboxylic acids is 1. The number of amides is 1. The van der Waals surface area contributed by atoms with E-state index in [9.17, 15) is 14.2 Å². The smallest absolute Gasteiger partial charge is 0.354 e. The van der Waals surface area contributed by atoms with Crippen molar-refractivity contribution in [1.29, 1.82) is 5.26 Å². The molecule has 0 saturated carbocycles. The van der Waals surface area contributed by atoms with Crippen LogP contribution < -0.4 is 11.0 Å². The van der Waals surface area contributed by atoms with E-state index in [1.165, 1.54) is 4.57 Å². The molecular formula is C22H26N4O5P+. The molecule has 0 spiro atoms. The summed E-state index contributed by atoms with van der Waals surface area (Å²) in [5.74, 6) is -0.183. The molecule has 0 bridgehead atoms. The van der Waals surface area contributed by atoms with Crippen molar-refractivity contribution in [2.45, 2.75) is 45.4 Å². The normalized spacial score (nSPS) is 20.5. The Morgan fingerprint density at radius 2 is 2.16 bits per heavy atom. The first-order valence-electron chi connectivity index (χ1n) is 10.5. The molecule has 1 saturated heterocycles. The highest BCUT2D eigenvalue weighted by molar-refractivity contribution is 7.39. The van der Waals surface area contributed by atoms with E-state index < -0.39 is 19.9 Å². The first-order valence-corrected chi connectivity index (χ1v) is 11.8. The fourth-order valence-corrected chi connectivity index (χ4v) is 4.85. The molecule has 4 atom stereocenters. The monoisotopic (exact) mass is 457 g/mol. The third-order valence-electron chi connectivity index (χ3n) is 5.31. The van der Waals surface area contributed by atoms with Gasteiger partial charge in [0.05, 0.1) is 18.6 Å². The van der Waals surface area contributed by atoms with Crippen molar-refractivity contribution in [2.75, 3.05) is 18.1 Å². The standard InChI is InChI=1S/C22H25N4O5P/c1-3-18-17(14-32(29)30-11-7-10-23)12-19(31-18)26-13-15(2)20(25-22(26)28)24-21(27)16-8-5-4-6-9-16/h4-6,8-9,13,17-19H,3,7,11-12,14H2,1-2H3/p+1/t17-,18-,19?/m1/s1. The highest BCUT2D eigenvalue weighted by atomic mass is 31.1. The summed E-state index contributed by atoms with van der Waals surface area (Å²) in [6.07, 6.45) is 2.62. The van der Waals surface area contributed by atoms with Crippen molar-refractivity contribution in [3.63, 3.8) is 0 Å². The Balaban J connectivity index is 1.70. The molecule has 1 aliphatic heterocycles. The van der Waals surface area contributed by atoms with Gasteiger partial charge in [0.15, 0.2) is 6.16 Å². The number of rotatable bonds is 9. The van der Waals surface area contributed by atoms with Crippen LogP contribution in [0, 0.1) is 24.2 Å². The van der Waals surface area contributed by atoms with Gasteiger partial charge in [0.25, 0.3) is 5.91 Å². The zero-order valence-electron chi connectivity index (χ0n) is 18.1. The topological polar surface area (TPSA) is 123 Å². The van der Waals surface area contributed by atoms with E-state index in [0.29, 0.717) is 30.1 Å². The van der Waals surface area contributed by atoms with E-state index in [4.69, 9.17) is 14.5 Å². The summed E-state index contributed by atoms with van der Waals surface area (Å²) in [5.41, 5.74) is 0.561. The fraction of sp³-hybridized carbons (Fsp3) is 0.455. The first kappa shape index (κ1) is 23.7. The summed E-state index contributed by atoms with van der Waals surface area (Å²) in [7, 11) is -1.91. The lowest BCUT2D eigenvalue weighted by Gasteiger charge is -2.16. The molecule has 2 heterocycles. The molecule has 9 nitrogen and oxygen atoms in total. The van der Waals surface area contributed by atoms with Gasteiger partial charge in [0.1, 0.15) is 18.7 Å². The average molecular weight is 457 g/mol. The maximum absolute atomic E-state index is 12.7. The van der Waals surface area contributed by atoms with Gasteiger partial charge in [-0.3, -0.25) is 9.36 Å². The van der Waals surface area contributed by atoms with Gasteiger partial charge in [-0.25, -0.2) is 4.79 Å². The van der Waals surface area contributed by atoms with Gasteiger partial charge >= 0.3 is 13.7 Å². The zero-order chi connectivity index (χ0) is 23.1. The number of ether oxygens (including phenoxy) is 1. The van der Waals surface area contributed by atoms with Crippen molar-refractivity contribution < 1.29 is 18.6 Å². The molecule has 32 heavy (non-hydrogen) atoms. The number of nitrogens with zero attached hydrogens (tertiary/aromatic N) is 3. The van der Waals surface area contributed by atoms with Crippen molar-refractivity contribution >= 4 is 19.8 Å². The summed E-state index contributed by atoms with van der Waals surface area (Å²) in [6, 6.07) is 10.6. The van der Waals surface area contributed by atoms with Gasteiger partial charge in [-0.15, -0.1) is 4.52 Å². The predicted octanol–water partition coefficient (Wildman–Crippen LogP) is 3.79. The number of carbonyl (C=O) groups is 1. The minimum atomic E-state index is -1.91. The molecule has 1 aromatic heterocycles. The number of hydrogen-bond acceptors (Lipinski definition) is 7. The van der Waals surface area contributed by atoms with Gasteiger partial charge < -0.3 is 10.1 Å². The van der Waals surface area contributed by atoms with Crippen molar-refractivity contribution in [1.82, 2.24) is 9.55 Å². The minimum absolute atomic E-state index is 0.0413. The number of nitrogens with one attached hydrogen (secondary N) is 1. The highest BCUT2D eigenvalue weighted by Crippen LogP contribution is 2.40. The maximum atomic E-state index is 12.7. The van der Waals surface area contributed by atoms with Gasteiger partial charge in [-0.1, -0.05) is 25.1 Å². The Bertz CT molecular complexity index is 1070. The van der Waals surface area contributed by atoms with Crippen LogP contribution in [-0.4, -0.2) is 34.3 Å². The molecule has 2 unspecified atom stereocenters. The molecule has 2 aromatic rings. The molecule has 1 aromatic carbocycles. The summed E-state index contributed by atoms with van der Waals surface area (Å²) >= 11 is 0. The lowest BCUT2D eigenvalue weighted by molar-refractivity contribution is -0.00747. The third kappa shape index (κ3) is 5.86. The predicted molar refractivity (Wildman–Crippen MR) is 119 cm³/mol. The quantitative estimate of drug-likeness (QED) is 0.449. The van der Waals surface area contributed by atoms with Crippen LogP contribution in [0.1, 0.15) is 48.3 Å². The maximum Gasteiger partial charge on any atom is 0.508 e. The highest BCUT2D eigenvalue weighted by Gasteiger charge is 2.41. The fourth-order valence-electron chi connectivity index (χ4n) is 3.69. The van der Waals surface area contributed by atoms with E-state index in [0.717, 1.165) is 0 Å². The summed E-state index contributed by atoms with van der Waals surface area (Å²) in [6.45, 7) is 3.86. The minimum Gasteiger partial charge on any atom is -0.354 e. The molecule has 1 amide bonds. The Labute approximate surface area is 187 Å². The van der Waals surface area contributed by atoms with Crippen molar-refractivity contribution in [3.8, 4) is 6.07 Å². The molecule has 1 fully saturated rings. The summed E-state index contributed by atoms with van der Waals surface area (Å²) < 4.78 is 24.9. The number of anilines is 1. The van der Waals surface area contributed by atoms with Crippen LogP contribution in [0.4, 0.5) is 5.82 Å². The number of benzene rings is 1. The zero-order valence-corrected chi connectivity index (χ0v) is 19.0. The molecule has 1 N–H and O–H groups in total. The molecule has 10 heteroatoms. The number of aryl methyl sites for hydroxylation is 1. The van der Waals surface area contributed by atoms with E-state index >= 15 is 0 Å². The Hall–Kier alpha value is -2.92. The van der Waals surface area contributed by atoms with Crippen LogP contribution in [-0.2, 0) is 13.8 Å². The molecule has 3 rings (SSSR count). The largest absolute Gasteiger partial charge is 0.508 e. The molecule has 168 valence electrons. The Morgan fingerprint density at radius 3 is 2.84 bits per heavy atom. The second-order valence-electron chi connectivity index (χ2n) is 7.57. The lowest BCUT2D eigenvalue weighted by atomic mass is 10.0. The van der Waals surface area contributed by atoms with Crippen LogP contribution in [0.2, 0.25) is 0 Å². The van der Waals surface area contributed by atoms with Crippen LogP contribution in [0.3, 0.4) is 0 Å². The number of aromatic nitrogens is 2. The van der Waals surface area contributed by atoms with Gasteiger partial charge in [-0.05, 0) is 30.0 Å². The van der Waals surface area contributed by atoms with Crippen LogP contribution in [0.15, 0.2) is 41.3 Å². The van der Waals surface area contributed by atoms with Gasteiger partial charge in [-0.2, -0.15) is 10.2 Å². The summed E-state index contributed by atoms with van der Waals surface area (Å²) in [4.78, 5) is 29.2. The Kier molecular flexibility index (Phi) is 8.23. The van der Waals surface area contributed by atoms with Gasteiger partial charge in [0.2, 0.25) is 0 Å². The SMILES string of the molecule is CC[C@H]1OC(n2cc(C)c(NC(=O)c3ccccc3)nc2=O)C[C@@H]1C[P+](=O)OCCC#N. The van der Waals surface area contributed by atoms with E-state index in [1.54, 1.807) is 37.4 Å². The second-order valence-corrected chi connectivity index (χ2v) is 8.86. The molecule has 1 aliphatic rings. The number of nitriles is 1. The van der Waals surface area contributed by atoms with Crippen molar-refractivity contribution in [3.05, 3.63) is 58.1 Å². The summed E-state index contributed by atoms with van der Waals surface area (Å²) in [5, 5.41) is 11.3. The van der Waals surface area contributed by atoms with E-state index in [1.807, 2.05) is 19.1 Å². The third-order valence-corrected chi connectivity index (χ3v) is 6.55. The molecule has 0 radical (unpaired) electrons.